The Balaban J connectivity index is 3.30. The Morgan fingerprint density at radius 2 is 1.67 bits per heavy atom. The quantitative estimate of drug-likeness (QED) is 0.772. The number of hydrogen-bond acceptors (Lipinski definition) is 5. The summed E-state index contributed by atoms with van der Waals surface area (Å²) in [5.41, 5.74) is 7.81. The average molecular weight is 209 g/mol. The molecule has 1 aromatic heterocycles. The average Bonchev–Trinajstić information content (AvgIpc) is 2.16. The molecule has 0 aromatic carbocycles. The van der Waals surface area contributed by atoms with Crippen LogP contribution in [0.1, 0.15) is 0 Å². The van der Waals surface area contributed by atoms with Gasteiger partial charge in [-0.05, 0) is 6.07 Å². The van der Waals surface area contributed by atoms with Gasteiger partial charge in [0, 0.05) is 35.2 Å². The standard InChI is InChI=1S/C10H19N5/c1-12-10-8(15(4)5)6-7(14(2)3)9(11)13-10/h6H,1-5H3,(H3,11,12,13). The highest BCUT2D eigenvalue weighted by molar-refractivity contribution is 5.77. The van der Waals surface area contributed by atoms with E-state index in [9.17, 15) is 0 Å². The number of nitrogens with one attached hydrogen (secondary N) is 1. The number of nitrogen functional groups attached to an aromatic ring is 1. The van der Waals surface area contributed by atoms with Gasteiger partial charge in [-0.15, -0.1) is 0 Å². The molecule has 0 unspecified atom stereocenters. The summed E-state index contributed by atoms with van der Waals surface area (Å²) in [6.45, 7) is 0. The van der Waals surface area contributed by atoms with Crippen LogP contribution in [0.2, 0.25) is 0 Å². The third-order valence-electron chi connectivity index (χ3n) is 2.21. The molecule has 84 valence electrons. The lowest BCUT2D eigenvalue weighted by atomic mass is 10.3. The zero-order chi connectivity index (χ0) is 11.6. The number of pyridine rings is 1. The van der Waals surface area contributed by atoms with Crippen LogP contribution in [0.3, 0.4) is 0 Å². The first-order valence-corrected chi connectivity index (χ1v) is 4.80. The smallest absolute Gasteiger partial charge is 0.151 e. The lowest BCUT2D eigenvalue weighted by Gasteiger charge is -2.21. The Hall–Kier alpha value is -1.65. The lowest BCUT2D eigenvalue weighted by molar-refractivity contribution is 1.08. The van der Waals surface area contributed by atoms with Crippen LogP contribution in [0.5, 0.6) is 0 Å². The number of nitrogens with two attached hydrogens (primary N) is 1. The van der Waals surface area contributed by atoms with Crippen LogP contribution in [0.4, 0.5) is 23.0 Å². The van der Waals surface area contributed by atoms with E-state index in [-0.39, 0.29) is 0 Å². The van der Waals surface area contributed by atoms with Gasteiger partial charge in [-0.25, -0.2) is 4.98 Å². The van der Waals surface area contributed by atoms with E-state index in [0.717, 1.165) is 17.2 Å². The highest BCUT2D eigenvalue weighted by Crippen LogP contribution is 2.30. The summed E-state index contributed by atoms with van der Waals surface area (Å²) in [7, 11) is 9.70. The monoisotopic (exact) mass is 209 g/mol. The van der Waals surface area contributed by atoms with Crippen LogP contribution in [0.25, 0.3) is 0 Å². The molecule has 3 N–H and O–H groups in total. The Morgan fingerprint density at radius 1 is 1.13 bits per heavy atom. The van der Waals surface area contributed by atoms with E-state index in [0.29, 0.717) is 5.82 Å². The van der Waals surface area contributed by atoms with Gasteiger partial charge in [0.15, 0.2) is 5.82 Å². The Morgan fingerprint density at radius 3 is 2.07 bits per heavy atom. The van der Waals surface area contributed by atoms with Gasteiger partial charge >= 0.3 is 0 Å². The number of aromatic nitrogens is 1. The molecule has 1 heterocycles. The molecule has 0 bridgehead atoms. The third-order valence-corrected chi connectivity index (χ3v) is 2.21. The normalized spacial score (nSPS) is 9.93. The maximum absolute atomic E-state index is 5.86. The molecule has 0 radical (unpaired) electrons. The van der Waals surface area contributed by atoms with Crippen LogP contribution in [-0.4, -0.2) is 40.2 Å². The second-order valence-electron chi connectivity index (χ2n) is 3.80. The van der Waals surface area contributed by atoms with Gasteiger partial charge in [0.05, 0.1) is 11.4 Å². The minimum atomic E-state index is 0.537. The van der Waals surface area contributed by atoms with Gasteiger partial charge in [-0.1, -0.05) is 0 Å². The van der Waals surface area contributed by atoms with E-state index in [1.54, 1.807) is 0 Å². The zero-order valence-corrected chi connectivity index (χ0v) is 10.00. The molecule has 0 aliphatic heterocycles. The maximum Gasteiger partial charge on any atom is 0.151 e. The van der Waals surface area contributed by atoms with Crippen LogP contribution < -0.4 is 20.9 Å². The van der Waals surface area contributed by atoms with Crippen LogP contribution >= 0.6 is 0 Å². The summed E-state index contributed by atoms with van der Waals surface area (Å²) in [6, 6.07) is 2.02. The zero-order valence-electron chi connectivity index (χ0n) is 10.00. The van der Waals surface area contributed by atoms with E-state index >= 15 is 0 Å². The second-order valence-corrected chi connectivity index (χ2v) is 3.80. The minimum Gasteiger partial charge on any atom is -0.382 e. The van der Waals surface area contributed by atoms with Crippen molar-refractivity contribution in [1.82, 2.24) is 4.98 Å². The summed E-state index contributed by atoms with van der Waals surface area (Å²) in [6.07, 6.45) is 0. The van der Waals surface area contributed by atoms with Gasteiger partial charge in [-0.2, -0.15) is 0 Å². The predicted molar refractivity (Wildman–Crippen MR) is 66.9 cm³/mol. The summed E-state index contributed by atoms with van der Waals surface area (Å²) in [4.78, 5) is 8.28. The maximum atomic E-state index is 5.86. The molecule has 0 amide bonds. The summed E-state index contributed by atoms with van der Waals surface area (Å²) < 4.78 is 0. The molecule has 0 saturated carbocycles. The fraction of sp³-hybridized carbons (Fsp3) is 0.500. The first-order valence-electron chi connectivity index (χ1n) is 4.80. The molecule has 0 atom stereocenters. The highest BCUT2D eigenvalue weighted by Gasteiger charge is 2.11. The second kappa shape index (κ2) is 4.25. The molecule has 0 spiro atoms. The molecule has 0 fully saturated rings. The third kappa shape index (κ3) is 2.23. The molecule has 5 heteroatoms. The molecule has 1 aromatic rings. The first-order chi connectivity index (χ1) is 6.97. The van der Waals surface area contributed by atoms with Crippen molar-refractivity contribution in [3.05, 3.63) is 6.07 Å². The van der Waals surface area contributed by atoms with Crippen LogP contribution in [-0.2, 0) is 0 Å². The fourth-order valence-corrected chi connectivity index (χ4v) is 1.39. The Bertz CT molecular complexity index is 346. The van der Waals surface area contributed by atoms with Gasteiger partial charge in [0.2, 0.25) is 0 Å². The van der Waals surface area contributed by atoms with Crippen molar-refractivity contribution in [3.63, 3.8) is 0 Å². The molecule has 5 nitrogen and oxygen atoms in total. The van der Waals surface area contributed by atoms with Crippen molar-refractivity contribution in [1.29, 1.82) is 0 Å². The Labute approximate surface area is 90.9 Å². The van der Waals surface area contributed by atoms with E-state index in [1.165, 1.54) is 0 Å². The van der Waals surface area contributed by atoms with Gasteiger partial charge in [-0.3, -0.25) is 0 Å². The predicted octanol–water partition coefficient (Wildman–Crippen LogP) is 0.837. The van der Waals surface area contributed by atoms with E-state index in [4.69, 9.17) is 5.73 Å². The molecule has 0 aliphatic rings. The van der Waals surface area contributed by atoms with E-state index < -0.39 is 0 Å². The number of nitrogens with zero attached hydrogens (tertiary/aromatic N) is 3. The van der Waals surface area contributed by atoms with Crippen molar-refractivity contribution >= 4 is 23.0 Å². The molecular weight excluding hydrogens is 190 g/mol. The topological polar surface area (TPSA) is 57.4 Å². The number of rotatable bonds is 3. The van der Waals surface area contributed by atoms with Crippen molar-refractivity contribution in [2.45, 2.75) is 0 Å². The summed E-state index contributed by atoms with van der Waals surface area (Å²) in [5, 5.41) is 3.03. The van der Waals surface area contributed by atoms with Gasteiger partial charge in [0.25, 0.3) is 0 Å². The van der Waals surface area contributed by atoms with Crippen molar-refractivity contribution < 1.29 is 0 Å². The fourth-order valence-electron chi connectivity index (χ4n) is 1.39. The van der Waals surface area contributed by atoms with Crippen LogP contribution in [0.15, 0.2) is 6.07 Å². The first kappa shape index (κ1) is 11.4. The van der Waals surface area contributed by atoms with Crippen molar-refractivity contribution in [3.8, 4) is 0 Å². The van der Waals surface area contributed by atoms with Crippen LogP contribution in [0, 0.1) is 0 Å². The van der Waals surface area contributed by atoms with Crippen molar-refractivity contribution in [2.75, 3.05) is 56.1 Å². The summed E-state index contributed by atoms with van der Waals surface area (Å²) >= 11 is 0. The molecule has 1 rings (SSSR count). The summed E-state index contributed by atoms with van der Waals surface area (Å²) in [5.74, 6) is 1.33. The van der Waals surface area contributed by atoms with Crippen molar-refractivity contribution in [2.24, 2.45) is 0 Å². The van der Waals surface area contributed by atoms with E-state index in [1.807, 2.05) is 51.1 Å². The lowest BCUT2D eigenvalue weighted by Crippen LogP contribution is -2.17. The highest BCUT2D eigenvalue weighted by atomic mass is 15.2. The number of hydrogen-bond donors (Lipinski definition) is 2. The molecular formula is C10H19N5. The van der Waals surface area contributed by atoms with Gasteiger partial charge < -0.3 is 20.9 Å². The molecule has 0 aliphatic carbocycles. The number of anilines is 4. The molecule has 0 saturated heterocycles. The largest absolute Gasteiger partial charge is 0.382 e. The van der Waals surface area contributed by atoms with E-state index in [2.05, 4.69) is 10.3 Å². The van der Waals surface area contributed by atoms with Gasteiger partial charge in [0.1, 0.15) is 5.82 Å². The molecule has 15 heavy (non-hydrogen) atoms. The SMILES string of the molecule is CNc1nc(N)c(N(C)C)cc1N(C)C. The minimum absolute atomic E-state index is 0.537. The Kier molecular flexibility index (Phi) is 3.24.